The first kappa shape index (κ1) is 13.1. The molecule has 0 aliphatic rings. The first-order valence-electron chi connectivity index (χ1n) is 4.52. The summed E-state index contributed by atoms with van der Waals surface area (Å²) in [6.45, 7) is 1.51. The molecule has 0 unspecified atom stereocenters. The number of carbonyl (C=O) groups excluding carboxylic acids is 1. The molecule has 0 aromatic carbocycles. The molecule has 0 radical (unpaired) electrons. The van der Waals surface area contributed by atoms with E-state index in [1.807, 2.05) is 0 Å². The molecule has 0 saturated carbocycles. The van der Waals surface area contributed by atoms with Crippen LogP contribution in [0.3, 0.4) is 0 Å². The summed E-state index contributed by atoms with van der Waals surface area (Å²) in [6.07, 6.45) is -3.87. The average Bonchev–Trinajstić information content (AvgIpc) is 2.19. The van der Waals surface area contributed by atoms with Crippen LogP contribution >= 0.6 is 0 Å². The fourth-order valence-electron chi connectivity index (χ4n) is 1.03. The molecule has 0 amide bonds. The van der Waals surface area contributed by atoms with Crippen LogP contribution in [0.15, 0.2) is 12.3 Å². The number of anilines is 1. The van der Waals surface area contributed by atoms with Crippen molar-refractivity contribution < 1.29 is 27.4 Å². The van der Waals surface area contributed by atoms with Crippen molar-refractivity contribution in [2.75, 3.05) is 12.3 Å². The number of nitrogens with zero attached hydrogens (tertiary/aromatic N) is 1. The van der Waals surface area contributed by atoms with E-state index in [9.17, 15) is 18.0 Å². The largest absolute Gasteiger partial charge is 0.573 e. The first-order valence-corrected chi connectivity index (χ1v) is 4.52. The monoisotopic (exact) mass is 250 g/mol. The molecule has 0 fully saturated rings. The summed E-state index contributed by atoms with van der Waals surface area (Å²) in [5.41, 5.74) is 4.34. The maximum atomic E-state index is 12.1. The SMILES string of the molecule is CCOC(=O)c1nccc(N)c1OC(F)(F)F. The first-order chi connectivity index (χ1) is 7.85. The maximum absolute atomic E-state index is 12.1. The van der Waals surface area contributed by atoms with Gasteiger partial charge in [0.15, 0.2) is 11.4 Å². The van der Waals surface area contributed by atoms with Crippen LogP contribution in [0.1, 0.15) is 17.4 Å². The summed E-state index contributed by atoms with van der Waals surface area (Å²) < 4.78 is 44.5. The molecule has 0 spiro atoms. The molecule has 1 heterocycles. The minimum Gasteiger partial charge on any atom is -0.461 e. The zero-order chi connectivity index (χ0) is 13.1. The van der Waals surface area contributed by atoms with Crippen LogP contribution in [0.2, 0.25) is 0 Å². The van der Waals surface area contributed by atoms with Gasteiger partial charge in [0, 0.05) is 6.20 Å². The van der Waals surface area contributed by atoms with E-state index in [0.717, 1.165) is 12.3 Å². The number of rotatable bonds is 3. The Morgan fingerprint density at radius 2 is 2.18 bits per heavy atom. The van der Waals surface area contributed by atoms with Gasteiger partial charge in [0.2, 0.25) is 0 Å². The van der Waals surface area contributed by atoms with Gasteiger partial charge in [-0.2, -0.15) is 0 Å². The Hall–Kier alpha value is -1.99. The summed E-state index contributed by atoms with van der Waals surface area (Å²) in [4.78, 5) is 14.8. The third-order valence-corrected chi connectivity index (χ3v) is 1.62. The molecule has 2 N–H and O–H groups in total. The molecule has 5 nitrogen and oxygen atoms in total. The lowest BCUT2D eigenvalue weighted by Gasteiger charge is -2.13. The van der Waals surface area contributed by atoms with Gasteiger partial charge in [-0.05, 0) is 13.0 Å². The van der Waals surface area contributed by atoms with Crippen LogP contribution in [0, 0.1) is 0 Å². The van der Waals surface area contributed by atoms with Crippen molar-refractivity contribution in [1.82, 2.24) is 4.98 Å². The summed E-state index contributed by atoms with van der Waals surface area (Å²) in [7, 11) is 0. The number of nitrogens with two attached hydrogens (primary N) is 1. The van der Waals surface area contributed by atoms with Crippen molar-refractivity contribution in [3.05, 3.63) is 18.0 Å². The minimum atomic E-state index is -4.96. The van der Waals surface area contributed by atoms with E-state index < -0.39 is 23.8 Å². The molecule has 1 rings (SSSR count). The lowest BCUT2D eigenvalue weighted by atomic mass is 10.3. The number of nitrogen functional groups attached to an aromatic ring is 1. The fraction of sp³-hybridized carbons (Fsp3) is 0.333. The Morgan fingerprint density at radius 1 is 1.53 bits per heavy atom. The predicted octanol–water partition coefficient (Wildman–Crippen LogP) is 1.74. The number of alkyl halides is 3. The quantitative estimate of drug-likeness (QED) is 0.827. The second-order valence-electron chi connectivity index (χ2n) is 2.85. The van der Waals surface area contributed by atoms with Crippen LogP contribution in [-0.4, -0.2) is 23.9 Å². The van der Waals surface area contributed by atoms with E-state index in [4.69, 9.17) is 5.73 Å². The number of ether oxygens (including phenoxy) is 2. The fourth-order valence-corrected chi connectivity index (χ4v) is 1.03. The molecule has 1 aromatic heterocycles. The number of hydrogen-bond acceptors (Lipinski definition) is 5. The van der Waals surface area contributed by atoms with E-state index in [1.165, 1.54) is 6.92 Å². The zero-order valence-corrected chi connectivity index (χ0v) is 8.75. The number of aromatic nitrogens is 1. The summed E-state index contributed by atoms with van der Waals surface area (Å²) in [6, 6.07) is 1.09. The summed E-state index contributed by atoms with van der Waals surface area (Å²) in [5, 5.41) is 0. The Morgan fingerprint density at radius 3 is 2.71 bits per heavy atom. The number of carbonyl (C=O) groups is 1. The lowest BCUT2D eigenvalue weighted by Crippen LogP contribution is -2.21. The van der Waals surface area contributed by atoms with Crippen molar-refractivity contribution in [1.29, 1.82) is 0 Å². The second-order valence-corrected chi connectivity index (χ2v) is 2.85. The van der Waals surface area contributed by atoms with E-state index in [-0.39, 0.29) is 12.3 Å². The normalized spacial score (nSPS) is 11.1. The number of esters is 1. The summed E-state index contributed by atoms with van der Waals surface area (Å²) in [5.74, 6) is -1.88. The van der Waals surface area contributed by atoms with Crippen molar-refractivity contribution in [2.24, 2.45) is 0 Å². The van der Waals surface area contributed by atoms with Crippen molar-refractivity contribution in [3.8, 4) is 5.75 Å². The zero-order valence-electron chi connectivity index (χ0n) is 8.75. The Balaban J connectivity index is 3.13. The molecular weight excluding hydrogens is 241 g/mol. The third kappa shape index (κ3) is 3.51. The van der Waals surface area contributed by atoms with Gasteiger partial charge in [-0.15, -0.1) is 13.2 Å². The predicted molar refractivity (Wildman–Crippen MR) is 51.3 cm³/mol. The molecule has 17 heavy (non-hydrogen) atoms. The molecule has 0 aliphatic heterocycles. The summed E-state index contributed by atoms with van der Waals surface area (Å²) >= 11 is 0. The van der Waals surface area contributed by atoms with Crippen LogP contribution in [0.5, 0.6) is 5.75 Å². The molecule has 1 aromatic rings. The topological polar surface area (TPSA) is 74.4 Å². The van der Waals surface area contributed by atoms with E-state index in [1.54, 1.807) is 0 Å². The highest BCUT2D eigenvalue weighted by Crippen LogP contribution is 2.30. The highest BCUT2D eigenvalue weighted by Gasteiger charge is 2.34. The van der Waals surface area contributed by atoms with Gasteiger partial charge in [-0.1, -0.05) is 0 Å². The molecule has 94 valence electrons. The number of halogens is 3. The lowest BCUT2D eigenvalue weighted by molar-refractivity contribution is -0.274. The van der Waals surface area contributed by atoms with Gasteiger partial charge in [-0.25, -0.2) is 9.78 Å². The van der Waals surface area contributed by atoms with E-state index in [2.05, 4.69) is 14.5 Å². The van der Waals surface area contributed by atoms with Gasteiger partial charge in [0.1, 0.15) is 0 Å². The van der Waals surface area contributed by atoms with Crippen LogP contribution in [0.25, 0.3) is 0 Å². The van der Waals surface area contributed by atoms with Crippen molar-refractivity contribution in [3.63, 3.8) is 0 Å². The second kappa shape index (κ2) is 4.89. The number of hydrogen-bond donors (Lipinski definition) is 1. The third-order valence-electron chi connectivity index (χ3n) is 1.62. The van der Waals surface area contributed by atoms with Gasteiger partial charge in [0.05, 0.1) is 12.3 Å². The molecule has 0 atom stereocenters. The number of pyridine rings is 1. The Labute approximate surface area is 94.3 Å². The van der Waals surface area contributed by atoms with E-state index in [0.29, 0.717) is 0 Å². The van der Waals surface area contributed by atoms with Gasteiger partial charge < -0.3 is 15.2 Å². The Kier molecular flexibility index (Phi) is 3.77. The highest BCUT2D eigenvalue weighted by atomic mass is 19.4. The molecular formula is C9H9F3N2O3. The smallest absolute Gasteiger partial charge is 0.461 e. The molecule has 0 bridgehead atoms. The highest BCUT2D eigenvalue weighted by molar-refractivity contribution is 5.92. The van der Waals surface area contributed by atoms with Crippen LogP contribution in [0.4, 0.5) is 18.9 Å². The van der Waals surface area contributed by atoms with Gasteiger partial charge >= 0.3 is 12.3 Å². The van der Waals surface area contributed by atoms with Gasteiger partial charge in [0.25, 0.3) is 0 Å². The minimum absolute atomic E-state index is 0.000764. The van der Waals surface area contributed by atoms with Crippen molar-refractivity contribution in [2.45, 2.75) is 13.3 Å². The van der Waals surface area contributed by atoms with Crippen molar-refractivity contribution >= 4 is 11.7 Å². The van der Waals surface area contributed by atoms with Crippen LogP contribution in [-0.2, 0) is 4.74 Å². The molecule has 0 aliphatic carbocycles. The van der Waals surface area contributed by atoms with Gasteiger partial charge in [-0.3, -0.25) is 0 Å². The Bertz CT molecular complexity index is 420. The molecule has 0 saturated heterocycles. The van der Waals surface area contributed by atoms with E-state index >= 15 is 0 Å². The maximum Gasteiger partial charge on any atom is 0.573 e. The average molecular weight is 250 g/mol. The van der Waals surface area contributed by atoms with Crippen LogP contribution < -0.4 is 10.5 Å². The molecule has 8 heteroatoms. The standard InChI is InChI=1S/C9H9F3N2O3/c1-2-16-8(15)6-7(17-9(10,11)12)5(13)3-4-14-6/h3-4H,2H2,1H3,(H2,13,14).